The summed E-state index contributed by atoms with van der Waals surface area (Å²) < 4.78 is 28.2. The second-order valence-electron chi connectivity index (χ2n) is 6.10. The summed E-state index contributed by atoms with van der Waals surface area (Å²) in [5, 5.41) is 0. The minimum atomic E-state index is -0.941. The zero-order valence-corrected chi connectivity index (χ0v) is 15.2. The quantitative estimate of drug-likeness (QED) is 0.513. The Kier molecular flexibility index (Phi) is 4.45. The second kappa shape index (κ2) is 6.76. The molecule has 0 N–H and O–H groups in total. The van der Waals surface area contributed by atoms with E-state index >= 15 is 0 Å². The van der Waals surface area contributed by atoms with Gasteiger partial charge in [-0.15, -0.1) is 0 Å². The van der Waals surface area contributed by atoms with Crippen LogP contribution in [0.3, 0.4) is 0 Å². The van der Waals surface area contributed by atoms with Crippen molar-refractivity contribution in [3.05, 3.63) is 76.4 Å². The van der Waals surface area contributed by atoms with Crippen molar-refractivity contribution >= 4 is 40.4 Å². The van der Waals surface area contributed by atoms with Crippen LogP contribution in [0.15, 0.2) is 59.1 Å². The van der Waals surface area contributed by atoms with E-state index in [0.29, 0.717) is 28.8 Å². The highest BCUT2D eigenvalue weighted by Gasteiger charge is 2.17. The summed E-state index contributed by atoms with van der Waals surface area (Å²) in [6.45, 7) is 0. The summed E-state index contributed by atoms with van der Waals surface area (Å²) in [5.74, 6) is -1.91. The predicted molar refractivity (Wildman–Crippen MR) is 104 cm³/mol. The van der Waals surface area contributed by atoms with Gasteiger partial charge in [-0.2, -0.15) is 0 Å². The summed E-state index contributed by atoms with van der Waals surface area (Å²) in [7, 11) is 5.90. The van der Waals surface area contributed by atoms with Crippen LogP contribution in [0.2, 0.25) is 5.82 Å². The molecule has 0 fully saturated rings. The number of benzene rings is 2. The number of nitrogens with zero attached hydrogens (tertiary/aromatic N) is 2. The van der Waals surface area contributed by atoms with Crippen molar-refractivity contribution in [2.24, 2.45) is 0 Å². The minimum Gasteiger partial charge on any atom is -0.244 e. The minimum absolute atomic E-state index is 0.0326. The maximum Gasteiger partial charge on any atom is 0.161 e. The van der Waals surface area contributed by atoms with E-state index < -0.39 is 11.6 Å². The monoisotopic (exact) mass is 408 g/mol. The van der Waals surface area contributed by atoms with Crippen LogP contribution >= 0.6 is 15.9 Å². The number of halogens is 3. The smallest absolute Gasteiger partial charge is 0.161 e. The Bertz CT molecular complexity index is 1060. The molecule has 0 aliphatic heterocycles. The highest BCUT2D eigenvalue weighted by atomic mass is 79.9. The first-order valence-electron chi connectivity index (χ1n) is 8.08. The fourth-order valence-corrected chi connectivity index (χ4v) is 3.14. The Morgan fingerprint density at radius 3 is 2.15 bits per heavy atom. The van der Waals surface area contributed by atoms with Gasteiger partial charge in [0.05, 0.1) is 30.3 Å². The van der Waals surface area contributed by atoms with Gasteiger partial charge >= 0.3 is 0 Å². The zero-order chi connectivity index (χ0) is 18.3. The van der Waals surface area contributed by atoms with Gasteiger partial charge in [0.1, 0.15) is 0 Å². The van der Waals surface area contributed by atoms with Gasteiger partial charge in [0, 0.05) is 22.2 Å². The lowest BCUT2D eigenvalue weighted by Gasteiger charge is -2.15. The van der Waals surface area contributed by atoms with Gasteiger partial charge in [-0.05, 0) is 24.1 Å². The van der Waals surface area contributed by atoms with Crippen LogP contribution in [0.25, 0.3) is 27.9 Å². The zero-order valence-electron chi connectivity index (χ0n) is 13.6. The molecule has 6 heteroatoms. The van der Waals surface area contributed by atoms with E-state index in [-0.39, 0.29) is 5.82 Å². The third-order valence-corrected chi connectivity index (χ3v) is 4.76. The van der Waals surface area contributed by atoms with Crippen molar-refractivity contribution in [1.29, 1.82) is 0 Å². The average Bonchev–Trinajstić information content (AvgIpc) is 2.63. The van der Waals surface area contributed by atoms with E-state index in [1.807, 2.05) is 42.5 Å². The molecule has 1 unspecified atom stereocenters. The van der Waals surface area contributed by atoms with E-state index in [1.165, 1.54) is 0 Å². The number of fused-ring (bicyclic) bond motifs is 1. The molecule has 0 spiro atoms. The Labute approximate surface area is 159 Å². The first-order valence-corrected chi connectivity index (χ1v) is 8.87. The molecule has 3 aromatic rings. The van der Waals surface area contributed by atoms with Gasteiger partial charge in [-0.25, -0.2) is 18.7 Å². The van der Waals surface area contributed by atoms with Crippen molar-refractivity contribution in [2.75, 3.05) is 0 Å². The van der Waals surface area contributed by atoms with E-state index in [0.717, 1.165) is 27.7 Å². The number of allylic oxidation sites excluding steroid dienone is 4. The summed E-state index contributed by atoms with van der Waals surface area (Å²) in [4.78, 5) is 9.16. The summed E-state index contributed by atoms with van der Waals surface area (Å²) in [6.07, 6.45) is 6.47. The first-order chi connectivity index (χ1) is 12.5. The molecule has 2 aromatic carbocycles. The Morgan fingerprint density at radius 2 is 1.58 bits per heavy atom. The van der Waals surface area contributed by atoms with Gasteiger partial charge in [0.25, 0.3) is 0 Å². The van der Waals surface area contributed by atoms with E-state index in [1.54, 1.807) is 0 Å². The lowest BCUT2D eigenvalue weighted by molar-refractivity contribution is 0.510. The van der Waals surface area contributed by atoms with Crippen molar-refractivity contribution in [2.45, 2.75) is 12.2 Å². The third-order valence-electron chi connectivity index (χ3n) is 4.23. The van der Waals surface area contributed by atoms with Crippen LogP contribution in [0.5, 0.6) is 0 Å². The van der Waals surface area contributed by atoms with Crippen molar-refractivity contribution < 1.29 is 8.78 Å². The summed E-state index contributed by atoms with van der Waals surface area (Å²) >= 11 is 3.41. The van der Waals surface area contributed by atoms with Gasteiger partial charge in [-0.3, -0.25) is 0 Å². The van der Waals surface area contributed by atoms with E-state index in [4.69, 9.17) is 7.85 Å². The molecule has 1 aliphatic rings. The predicted octanol–water partition coefficient (Wildman–Crippen LogP) is 5.64. The van der Waals surface area contributed by atoms with Gasteiger partial charge in [0.2, 0.25) is 0 Å². The maximum absolute atomic E-state index is 13.6. The molecule has 0 saturated heterocycles. The Hall–Kier alpha value is -2.34. The van der Waals surface area contributed by atoms with Gasteiger partial charge in [0.15, 0.2) is 11.6 Å². The Balaban J connectivity index is 1.97. The fourth-order valence-electron chi connectivity index (χ4n) is 2.87. The highest BCUT2D eigenvalue weighted by Crippen LogP contribution is 2.33. The van der Waals surface area contributed by atoms with Crippen molar-refractivity contribution in [1.82, 2.24) is 9.97 Å². The summed E-state index contributed by atoms with van der Waals surface area (Å²) in [5.41, 5.74) is 3.55. The molecule has 1 heterocycles. The topological polar surface area (TPSA) is 25.8 Å². The normalized spacial score (nSPS) is 16.7. The molecule has 1 aromatic heterocycles. The molecular weight excluding hydrogens is 397 g/mol. The molecule has 1 aliphatic carbocycles. The first kappa shape index (κ1) is 17.1. The van der Waals surface area contributed by atoms with Gasteiger partial charge in [-0.1, -0.05) is 52.1 Å². The van der Waals surface area contributed by atoms with Crippen LogP contribution < -0.4 is 0 Å². The average molecular weight is 409 g/mol. The van der Waals surface area contributed by atoms with Crippen LogP contribution in [0, 0.1) is 11.6 Å². The molecule has 2 nitrogen and oxygen atoms in total. The second-order valence-corrected chi connectivity index (χ2v) is 7.02. The SMILES string of the molecule is [B]C1C=CC(c2nc3cc(F)c(F)cc3nc2-c2ccc(Br)cc2)=CC1. The van der Waals surface area contributed by atoms with Crippen LogP contribution in [0.1, 0.15) is 12.1 Å². The molecule has 1 atom stereocenters. The van der Waals surface area contributed by atoms with Crippen LogP contribution in [0.4, 0.5) is 8.78 Å². The number of hydrogen-bond acceptors (Lipinski definition) is 2. The third kappa shape index (κ3) is 3.21. The number of aromatic nitrogens is 2. The molecule has 126 valence electrons. The molecule has 0 amide bonds. The highest BCUT2D eigenvalue weighted by molar-refractivity contribution is 9.10. The molecule has 26 heavy (non-hydrogen) atoms. The van der Waals surface area contributed by atoms with Gasteiger partial charge < -0.3 is 0 Å². The maximum atomic E-state index is 13.6. The molecule has 0 saturated carbocycles. The fraction of sp³-hybridized carbons (Fsp3) is 0.100. The molecule has 4 rings (SSSR count). The lowest BCUT2D eigenvalue weighted by atomic mass is 9.80. The Morgan fingerprint density at radius 1 is 0.962 bits per heavy atom. The molecule has 2 radical (unpaired) electrons. The largest absolute Gasteiger partial charge is 0.244 e. The number of rotatable bonds is 2. The molecular formula is C20H12BBrF2N2. The van der Waals surface area contributed by atoms with Crippen LogP contribution in [-0.2, 0) is 0 Å². The van der Waals surface area contributed by atoms with Crippen LogP contribution in [-0.4, -0.2) is 17.8 Å². The standard InChI is InChI=1S/C20H12BBrF2N2/c21-13-5-1-11(2-6-13)19-20(12-3-7-14(22)8-4-12)26-18-10-16(24)15(23)9-17(18)25-19/h1-5,7-10,13H,6H2. The number of hydrogen-bond donors (Lipinski definition) is 0. The van der Waals surface area contributed by atoms with Crippen molar-refractivity contribution in [3.63, 3.8) is 0 Å². The van der Waals surface area contributed by atoms with E-state index in [2.05, 4.69) is 25.9 Å². The lowest BCUT2D eigenvalue weighted by Crippen LogP contribution is -2.01. The summed E-state index contributed by atoms with van der Waals surface area (Å²) in [6, 6.07) is 9.76. The van der Waals surface area contributed by atoms with Crippen molar-refractivity contribution in [3.8, 4) is 11.3 Å². The molecule has 0 bridgehead atoms. The van der Waals surface area contributed by atoms with E-state index in [9.17, 15) is 8.78 Å².